The normalized spacial score (nSPS) is 11.5. The summed E-state index contributed by atoms with van der Waals surface area (Å²) in [5.74, 6) is 0.419. The van der Waals surface area contributed by atoms with Crippen molar-refractivity contribution in [2.45, 2.75) is 11.3 Å². The van der Waals surface area contributed by atoms with Gasteiger partial charge in [-0.2, -0.15) is 0 Å². The lowest BCUT2D eigenvalue weighted by Crippen LogP contribution is -2.00. The van der Waals surface area contributed by atoms with Gasteiger partial charge in [0.2, 0.25) is 0 Å². The highest BCUT2D eigenvalue weighted by molar-refractivity contribution is 9.11. The van der Waals surface area contributed by atoms with Gasteiger partial charge < -0.3 is 4.74 Å². The highest BCUT2D eigenvalue weighted by Crippen LogP contribution is 2.36. The molecule has 0 unspecified atom stereocenters. The van der Waals surface area contributed by atoms with Crippen molar-refractivity contribution in [1.82, 2.24) is 0 Å². The van der Waals surface area contributed by atoms with Gasteiger partial charge in [-0.15, -0.1) is 0 Å². The van der Waals surface area contributed by atoms with Crippen LogP contribution in [0, 0.1) is 0 Å². The first-order valence-corrected chi connectivity index (χ1v) is 8.38. The highest BCUT2D eigenvalue weighted by Gasteiger charge is 2.16. The molecule has 1 rings (SSSR count). The van der Waals surface area contributed by atoms with Crippen LogP contribution in [-0.2, 0) is 9.05 Å². The van der Waals surface area contributed by atoms with Gasteiger partial charge in [0.05, 0.1) is 27.1 Å². The van der Waals surface area contributed by atoms with Crippen LogP contribution in [-0.4, -0.2) is 21.7 Å². The lowest BCUT2D eigenvalue weighted by atomic mass is 10.3. The lowest BCUT2D eigenvalue weighted by molar-refractivity contribution is 0.286. The quantitative estimate of drug-likeness (QED) is 0.547. The second kappa shape index (κ2) is 6.36. The zero-order valence-corrected chi connectivity index (χ0v) is 13.2. The Hall–Kier alpha value is 0.150. The first kappa shape index (κ1) is 15.2. The van der Waals surface area contributed by atoms with Crippen LogP contribution in [0.25, 0.3) is 0 Å². The van der Waals surface area contributed by atoms with Crippen LogP contribution in [0.4, 0.5) is 4.39 Å². The van der Waals surface area contributed by atoms with Gasteiger partial charge in [-0.25, -0.2) is 8.42 Å². The monoisotopic (exact) mass is 408 g/mol. The van der Waals surface area contributed by atoms with Crippen LogP contribution in [0.15, 0.2) is 26.0 Å². The Labute approximate surface area is 120 Å². The number of ether oxygens (including phenoxy) is 1. The smallest absolute Gasteiger partial charge is 0.261 e. The van der Waals surface area contributed by atoms with E-state index in [-0.39, 0.29) is 17.9 Å². The molecule has 0 spiro atoms. The van der Waals surface area contributed by atoms with E-state index < -0.39 is 15.7 Å². The maximum absolute atomic E-state index is 11.9. The topological polar surface area (TPSA) is 43.4 Å². The van der Waals surface area contributed by atoms with E-state index in [0.29, 0.717) is 14.7 Å². The summed E-state index contributed by atoms with van der Waals surface area (Å²) in [5, 5.41) is 0. The van der Waals surface area contributed by atoms with Crippen LogP contribution < -0.4 is 4.74 Å². The molecule has 3 nitrogen and oxygen atoms in total. The van der Waals surface area contributed by atoms with Crippen molar-refractivity contribution in [1.29, 1.82) is 0 Å². The number of rotatable bonds is 5. The van der Waals surface area contributed by atoms with Gasteiger partial charge in [-0.1, -0.05) is 0 Å². The summed E-state index contributed by atoms with van der Waals surface area (Å²) in [4.78, 5) is -0.0456. The van der Waals surface area contributed by atoms with Crippen molar-refractivity contribution in [2.24, 2.45) is 0 Å². The Kier molecular flexibility index (Phi) is 5.69. The molecule has 0 N–H and O–H groups in total. The molecule has 0 atom stereocenters. The molecule has 0 saturated carbocycles. The number of alkyl halides is 1. The molecule has 1 aromatic rings. The SMILES string of the molecule is O=S(=O)(Cl)c1cc(Br)c(OCCCF)c(Br)c1. The molecule has 0 aliphatic heterocycles. The highest BCUT2D eigenvalue weighted by atomic mass is 79.9. The second-order valence-electron chi connectivity index (χ2n) is 3.04. The zero-order valence-electron chi connectivity index (χ0n) is 8.42. The zero-order chi connectivity index (χ0) is 13.1. The van der Waals surface area contributed by atoms with Gasteiger partial charge in [0.25, 0.3) is 9.05 Å². The van der Waals surface area contributed by atoms with Gasteiger partial charge in [-0.05, 0) is 44.0 Å². The summed E-state index contributed by atoms with van der Waals surface area (Å²) in [6, 6.07) is 2.66. The molecule has 17 heavy (non-hydrogen) atoms. The van der Waals surface area contributed by atoms with Crippen LogP contribution >= 0.6 is 42.5 Å². The number of halogens is 4. The van der Waals surface area contributed by atoms with E-state index in [1.54, 1.807) is 0 Å². The van der Waals surface area contributed by atoms with E-state index in [1.807, 2.05) is 0 Å². The van der Waals surface area contributed by atoms with E-state index >= 15 is 0 Å². The van der Waals surface area contributed by atoms with Crippen molar-refractivity contribution in [3.63, 3.8) is 0 Å². The largest absolute Gasteiger partial charge is 0.491 e. The van der Waals surface area contributed by atoms with Gasteiger partial charge in [0, 0.05) is 17.1 Å². The van der Waals surface area contributed by atoms with E-state index in [4.69, 9.17) is 15.4 Å². The predicted molar refractivity (Wildman–Crippen MR) is 71.0 cm³/mol. The summed E-state index contributed by atoms with van der Waals surface area (Å²) in [7, 11) is 1.43. The average Bonchev–Trinajstić information content (AvgIpc) is 2.20. The molecule has 8 heteroatoms. The Balaban J connectivity index is 3.03. The maximum Gasteiger partial charge on any atom is 0.261 e. The van der Waals surface area contributed by atoms with E-state index in [1.165, 1.54) is 12.1 Å². The van der Waals surface area contributed by atoms with Crippen LogP contribution in [0.2, 0.25) is 0 Å². The molecule has 0 bridgehead atoms. The van der Waals surface area contributed by atoms with E-state index in [9.17, 15) is 12.8 Å². The third-order valence-electron chi connectivity index (χ3n) is 1.78. The molecular formula is C9H8Br2ClFO3S. The van der Waals surface area contributed by atoms with Gasteiger partial charge in [0.1, 0.15) is 5.75 Å². The minimum atomic E-state index is -3.79. The van der Waals surface area contributed by atoms with Crippen molar-refractivity contribution < 1.29 is 17.5 Å². The molecule has 96 valence electrons. The maximum atomic E-state index is 11.9. The molecule has 0 aliphatic carbocycles. The van der Waals surface area contributed by atoms with Crippen LogP contribution in [0.3, 0.4) is 0 Å². The number of hydrogen-bond acceptors (Lipinski definition) is 3. The van der Waals surface area contributed by atoms with E-state index in [0.717, 1.165) is 0 Å². The minimum Gasteiger partial charge on any atom is -0.491 e. The number of benzene rings is 1. The van der Waals surface area contributed by atoms with Crippen molar-refractivity contribution in [3.8, 4) is 5.75 Å². The van der Waals surface area contributed by atoms with Gasteiger partial charge in [0.15, 0.2) is 0 Å². The first-order valence-electron chi connectivity index (χ1n) is 4.48. The van der Waals surface area contributed by atoms with E-state index in [2.05, 4.69) is 31.9 Å². The summed E-state index contributed by atoms with van der Waals surface area (Å²) in [6.07, 6.45) is 0.272. The molecule has 0 fully saturated rings. The molecule has 1 aromatic carbocycles. The van der Waals surface area contributed by atoms with Crippen molar-refractivity contribution in [3.05, 3.63) is 21.1 Å². The molecule has 0 saturated heterocycles. The average molecular weight is 410 g/mol. The van der Waals surface area contributed by atoms with Crippen molar-refractivity contribution in [2.75, 3.05) is 13.3 Å². The van der Waals surface area contributed by atoms with Crippen molar-refractivity contribution >= 4 is 51.6 Å². The molecule has 0 aromatic heterocycles. The minimum absolute atomic E-state index is 0.0456. The Morgan fingerprint density at radius 3 is 2.24 bits per heavy atom. The molecular weight excluding hydrogens is 402 g/mol. The third kappa shape index (κ3) is 4.39. The fourth-order valence-electron chi connectivity index (χ4n) is 1.04. The molecule has 0 heterocycles. The predicted octanol–water partition coefficient (Wildman–Crippen LogP) is 3.88. The third-order valence-corrected chi connectivity index (χ3v) is 4.29. The van der Waals surface area contributed by atoms with Gasteiger partial charge in [-0.3, -0.25) is 4.39 Å². The Morgan fingerprint density at radius 1 is 1.29 bits per heavy atom. The second-order valence-corrected chi connectivity index (χ2v) is 7.32. The summed E-state index contributed by atoms with van der Waals surface area (Å²) < 4.78 is 40.4. The summed E-state index contributed by atoms with van der Waals surface area (Å²) in [6.45, 7) is -0.260. The molecule has 0 amide bonds. The Morgan fingerprint density at radius 2 is 1.82 bits per heavy atom. The fourth-order valence-corrected chi connectivity index (χ4v) is 3.55. The standard InChI is InChI=1S/C9H8Br2ClFO3S/c10-7-4-6(17(12,14)15)5-8(11)9(7)16-3-1-2-13/h4-5H,1-3H2. The summed E-state index contributed by atoms with van der Waals surface area (Å²) >= 11 is 6.34. The molecule has 0 aliphatic rings. The van der Waals surface area contributed by atoms with Gasteiger partial charge >= 0.3 is 0 Å². The number of hydrogen-bond donors (Lipinski definition) is 0. The van der Waals surface area contributed by atoms with Crippen LogP contribution in [0.1, 0.15) is 6.42 Å². The Bertz CT molecular complexity index is 484. The summed E-state index contributed by atoms with van der Waals surface area (Å²) in [5.41, 5.74) is 0. The fraction of sp³-hybridized carbons (Fsp3) is 0.333. The molecule has 0 radical (unpaired) electrons. The lowest BCUT2D eigenvalue weighted by Gasteiger charge is -2.10. The first-order chi connectivity index (χ1) is 7.86. The van der Waals surface area contributed by atoms with Crippen LogP contribution in [0.5, 0.6) is 5.75 Å².